The molecule has 1 rings (SSSR count). The van der Waals surface area contributed by atoms with Crippen LogP contribution in [0.2, 0.25) is 0 Å². The number of nitro groups is 1. The first-order valence-corrected chi connectivity index (χ1v) is 4.79. The standard InChI is InChI=1S/C8H9IN2O2/c1-5(10)7-4-6(11(12)13)2-3-8(7)9/h2-5H,10H2,1H3/t5-/m0/s1. The highest BCUT2D eigenvalue weighted by atomic mass is 127. The molecule has 1 aromatic carbocycles. The summed E-state index contributed by atoms with van der Waals surface area (Å²) in [4.78, 5) is 10.0. The maximum atomic E-state index is 10.4. The second-order valence-corrected chi connectivity index (χ2v) is 3.91. The molecule has 0 saturated heterocycles. The summed E-state index contributed by atoms with van der Waals surface area (Å²) in [6, 6.07) is 4.53. The first kappa shape index (κ1) is 10.4. The van der Waals surface area contributed by atoms with E-state index in [0.717, 1.165) is 9.13 Å². The molecule has 0 fully saturated rings. The van der Waals surface area contributed by atoms with E-state index in [-0.39, 0.29) is 11.7 Å². The Morgan fingerprint density at radius 1 is 1.62 bits per heavy atom. The molecule has 0 heterocycles. The van der Waals surface area contributed by atoms with Crippen molar-refractivity contribution in [2.75, 3.05) is 0 Å². The van der Waals surface area contributed by atoms with Gasteiger partial charge in [-0.15, -0.1) is 0 Å². The van der Waals surface area contributed by atoms with Gasteiger partial charge in [-0.3, -0.25) is 10.1 Å². The fourth-order valence-corrected chi connectivity index (χ4v) is 1.82. The van der Waals surface area contributed by atoms with Gasteiger partial charge >= 0.3 is 0 Å². The van der Waals surface area contributed by atoms with Gasteiger partial charge in [0.15, 0.2) is 0 Å². The Labute approximate surface area is 89.4 Å². The lowest BCUT2D eigenvalue weighted by Gasteiger charge is -2.07. The molecule has 0 aliphatic heterocycles. The molecule has 0 aliphatic carbocycles. The summed E-state index contributed by atoms with van der Waals surface area (Å²) in [6.45, 7) is 1.81. The number of non-ortho nitro benzene ring substituents is 1. The summed E-state index contributed by atoms with van der Waals surface area (Å²) in [7, 11) is 0. The lowest BCUT2D eigenvalue weighted by atomic mass is 10.1. The maximum absolute atomic E-state index is 10.4. The third-order valence-electron chi connectivity index (χ3n) is 1.68. The quantitative estimate of drug-likeness (QED) is 0.516. The maximum Gasteiger partial charge on any atom is 0.269 e. The normalized spacial score (nSPS) is 12.5. The first-order chi connectivity index (χ1) is 6.02. The van der Waals surface area contributed by atoms with Crippen molar-refractivity contribution in [3.63, 3.8) is 0 Å². The summed E-state index contributed by atoms with van der Waals surface area (Å²) in [6.07, 6.45) is 0. The minimum atomic E-state index is -0.415. The zero-order chi connectivity index (χ0) is 10.0. The molecular formula is C8H9IN2O2. The molecule has 1 aromatic rings. The first-order valence-electron chi connectivity index (χ1n) is 3.72. The summed E-state index contributed by atoms with van der Waals surface area (Å²) in [5.74, 6) is 0. The van der Waals surface area contributed by atoms with E-state index in [1.807, 2.05) is 0 Å². The Bertz CT molecular complexity index is 339. The van der Waals surface area contributed by atoms with Gasteiger partial charge in [-0.2, -0.15) is 0 Å². The van der Waals surface area contributed by atoms with E-state index in [1.165, 1.54) is 12.1 Å². The van der Waals surface area contributed by atoms with Crippen molar-refractivity contribution < 1.29 is 4.92 Å². The van der Waals surface area contributed by atoms with Crippen LogP contribution < -0.4 is 5.73 Å². The number of nitrogens with two attached hydrogens (primary N) is 1. The van der Waals surface area contributed by atoms with Gasteiger partial charge in [0.2, 0.25) is 0 Å². The molecule has 0 aliphatic rings. The van der Waals surface area contributed by atoms with Crippen molar-refractivity contribution >= 4 is 28.3 Å². The highest BCUT2D eigenvalue weighted by Crippen LogP contribution is 2.23. The monoisotopic (exact) mass is 292 g/mol. The van der Waals surface area contributed by atoms with Gasteiger partial charge in [-0.25, -0.2) is 0 Å². The van der Waals surface area contributed by atoms with Gasteiger partial charge in [0, 0.05) is 21.7 Å². The molecule has 2 N–H and O–H groups in total. The topological polar surface area (TPSA) is 69.2 Å². The lowest BCUT2D eigenvalue weighted by molar-refractivity contribution is -0.384. The summed E-state index contributed by atoms with van der Waals surface area (Å²) >= 11 is 2.11. The van der Waals surface area contributed by atoms with Gasteiger partial charge in [0.1, 0.15) is 0 Å². The number of benzene rings is 1. The predicted molar refractivity (Wildman–Crippen MR) is 58.4 cm³/mol. The molecule has 4 nitrogen and oxygen atoms in total. The van der Waals surface area contributed by atoms with E-state index in [0.29, 0.717) is 0 Å². The molecule has 5 heteroatoms. The number of hydrogen-bond donors (Lipinski definition) is 1. The van der Waals surface area contributed by atoms with Crippen molar-refractivity contribution in [3.8, 4) is 0 Å². The molecule has 0 saturated carbocycles. The Morgan fingerprint density at radius 3 is 2.69 bits per heavy atom. The van der Waals surface area contributed by atoms with Crippen LogP contribution in [0.3, 0.4) is 0 Å². The van der Waals surface area contributed by atoms with Crippen LogP contribution in [-0.2, 0) is 0 Å². The molecule has 13 heavy (non-hydrogen) atoms. The zero-order valence-electron chi connectivity index (χ0n) is 7.03. The van der Waals surface area contributed by atoms with Crippen molar-refractivity contribution in [1.29, 1.82) is 0 Å². The Balaban J connectivity index is 3.19. The smallest absolute Gasteiger partial charge is 0.269 e. The Kier molecular flexibility index (Phi) is 3.21. The molecule has 0 bridgehead atoms. The van der Waals surface area contributed by atoms with Crippen molar-refractivity contribution in [3.05, 3.63) is 37.4 Å². The largest absolute Gasteiger partial charge is 0.324 e. The minimum absolute atomic E-state index is 0.0905. The SMILES string of the molecule is C[C@H](N)c1cc([N+](=O)[O-])ccc1I. The third kappa shape index (κ3) is 2.38. The highest BCUT2D eigenvalue weighted by molar-refractivity contribution is 14.1. The van der Waals surface area contributed by atoms with E-state index in [4.69, 9.17) is 5.73 Å². The summed E-state index contributed by atoms with van der Waals surface area (Å²) < 4.78 is 0.957. The van der Waals surface area contributed by atoms with Crippen molar-refractivity contribution in [2.24, 2.45) is 5.73 Å². The fraction of sp³-hybridized carbons (Fsp3) is 0.250. The predicted octanol–water partition coefficient (Wildman–Crippen LogP) is 2.22. The molecule has 0 spiro atoms. The molecular weight excluding hydrogens is 283 g/mol. The van der Waals surface area contributed by atoms with Gasteiger partial charge in [0.05, 0.1) is 4.92 Å². The molecule has 1 atom stereocenters. The third-order valence-corrected chi connectivity index (χ3v) is 2.66. The number of halogens is 1. The van der Waals surface area contributed by atoms with Crippen LogP contribution >= 0.6 is 22.6 Å². The number of nitrogens with zero attached hydrogens (tertiary/aromatic N) is 1. The van der Waals surface area contributed by atoms with E-state index < -0.39 is 4.92 Å². The lowest BCUT2D eigenvalue weighted by Crippen LogP contribution is -2.07. The van der Waals surface area contributed by atoms with Crippen LogP contribution in [0.15, 0.2) is 18.2 Å². The van der Waals surface area contributed by atoms with Crippen molar-refractivity contribution in [2.45, 2.75) is 13.0 Å². The molecule has 0 unspecified atom stereocenters. The van der Waals surface area contributed by atoms with Crippen LogP contribution in [0.25, 0.3) is 0 Å². The molecule has 70 valence electrons. The average Bonchev–Trinajstić information content (AvgIpc) is 2.04. The second kappa shape index (κ2) is 4.01. The average molecular weight is 292 g/mol. The van der Waals surface area contributed by atoms with Gasteiger partial charge in [-0.05, 0) is 41.1 Å². The minimum Gasteiger partial charge on any atom is -0.324 e. The Hall–Kier alpha value is -0.690. The molecule has 0 aromatic heterocycles. The summed E-state index contributed by atoms with van der Waals surface area (Å²) in [5.41, 5.74) is 6.56. The van der Waals surface area contributed by atoms with Crippen LogP contribution in [0, 0.1) is 13.7 Å². The highest BCUT2D eigenvalue weighted by Gasteiger charge is 2.11. The number of hydrogen-bond acceptors (Lipinski definition) is 3. The van der Waals surface area contributed by atoms with Crippen LogP contribution in [0.1, 0.15) is 18.5 Å². The summed E-state index contributed by atoms with van der Waals surface area (Å²) in [5, 5.41) is 10.4. The number of nitro benzene ring substituents is 1. The number of rotatable bonds is 2. The van der Waals surface area contributed by atoms with E-state index >= 15 is 0 Å². The van der Waals surface area contributed by atoms with Gasteiger partial charge < -0.3 is 5.73 Å². The van der Waals surface area contributed by atoms with E-state index in [1.54, 1.807) is 13.0 Å². The van der Waals surface area contributed by atoms with Gasteiger partial charge in [0.25, 0.3) is 5.69 Å². The van der Waals surface area contributed by atoms with Crippen molar-refractivity contribution in [1.82, 2.24) is 0 Å². The molecule has 0 amide bonds. The van der Waals surface area contributed by atoms with E-state index in [2.05, 4.69) is 22.6 Å². The van der Waals surface area contributed by atoms with Crippen LogP contribution in [0.4, 0.5) is 5.69 Å². The zero-order valence-corrected chi connectivity index (χ0v) is 9.19. The van der Waals surface area contributed by atoms with Crippen LogP contribution in [0.5, 0.6) is 0 Å². The molecule has 0 radical (unpaired) electrons. The second-order valence-electron chi connectivity index (χ2n) is 2.75. The van der Waals surface area contributed by atoms with E-state index in [9.17, 15) is 10.1 Å². The van der Waals surface area contributed by atoms with Crippen LogP contribution in [-0.4, -0.2) is 4.92 Å². The van der Waals surface area contributed by atoms with Gasteiger partial charge in [-0.1, -0.05) is 0 Å². The Morgan fingerprint density at radius 2 is 2.23 bits per heavy atom. The fourth-order valence-electron chi connectivity index (χ4n) is 0.994.